The highest BCUT2D eigenvalue weighted by Crippen LogP contribution is 2.13. The van der Waals surface area contributed by atoms with Crippen LogP contribution in [0.3, 0.4) is 0 Å². The molecule has 6 nitrogen and oxygen atoms in total. The van der Waals surface area contributed by atoms with Crippen LogP contribution in [0.4, 0.5) is 0 Å². The fraction of sp³-hybridized carbons (Fsp3) is 0.714. The van der Waals surface area contributed by atoms with Crippen LogP contribution >= 0.6 is 0 Å². The molecule has 0 saturated heterocycles. The Morgan fingerprint density at radius 3 is 2.10 bits per heavy atom. The Kier molecular flexibility index (Phi) is 9.24. The van der Waals surface area contributed by atoms with Crippen LogP contribution in [0.2, 0.25) is 0 Å². The number of hydrogen-bond donors (Lipinski definition) is 1. The summed E-state index contributed by atoms with van der Waals surface area (Å²) in [6.07, 6.45) is 1.29. The Balaban J connectivity index is 4.19. The number of carbonyl (C=O) groups is 4. The van der Waals surface area contributed by atoms with Crippen LogP contribution in [0.5, 0.6) is 0 Å². The Hall–Kier alpha value is -1.72. The number of esters is 1. The van der Waals surface area contributed by atoms with E-state index in [1.54, 1.807) is 6.92 Å². The minimum absolute atomic E-state index is 0.0163. The van der Waals surface area contributed by atoms with Crippen molar-refractivity contribution in [3.05, 3.63) is 0 Å². The number of rotatable bonds is 11. The molecule has 0 spiro atoms. The van der Waals surface area contributed by atoms with Crippen molar-refractivity contribution in [2.75, 3.05) is 0 Å². The maximum absolute atomic E-state index is 11.5. The van der Waals surface area contributed by atoms with Crippen molar-refractivity contribution >= 4 is 23.4 Å². The van der Waals surface area contributed by atoms with Gasteiger partial charge in [-0.15, -0.1) is 0 Å². The van der Waals surface area contributed by atoms with Crippen molar-refractivity contribution in [2.24, 2.45) is 5.73 Å². The molecule has 0 fully saturated rings. The first-order chi connectivity index (χ1) is 9.35. The van der Waals surface area contributed by atoms with Gasteiger partial charge in [-0.2, -0.15) is 0 Å². The van der Waals surface area contributed by atoms with Crippen LogP contribution in [0.1, 0.15) is 58.8 Å². The highest BCUT2D eigenvalue weighted by atomic mass is 16.5. The summed E-state index contributed by atoms with van der Waals surface area (Å²) in [5.74, 6) is -0.932. The minimum atomic E-state index is -0.510. The summed E-state index contributed by atoms with van der Waals surface area (Å²) in [4.78, 5) is 44.3. The van der Waals surface area contributed by atoms with E-state index in [1.165, 1.54) is 6.92 Å². The van der Waals surface area contributed by atoms with E-state index >= 15 is 0 Å². The molecule has 0 aliphatic carbocycles. The molecule has 0 rings (SSSR count). The van der Waals surface area contributed by atoms with Crippen LogP contribution in [0.25, 0.3) is 0 Å². The maximum atomic E-state index is 11.5. The lowest BCUT2D eigenvalue weighted by Crippen LogP contribution is -2.20. The minimum Gasteiger partial charge on any atom is -0.462 e. The van der Waals surface area contributed by atoms with Crippen LogP contribution in [-0.4, -0.2) is 29.5 Å². The van der Waals surface area contributed by atoms with E-state index in [9.17, 15) is 19.2 Å². The van der Waals surface area contributed by atoms with Crippen molar-refractivity contribution in [3.63, 3.8) is 0 Å². The third-order valence-electron chi connectivity index (χ3n) is 2.80. The summed E-state index contributed by atoms with van der Waals surface area (Å²) in [6.45, 7) is 3.15. The Morgan fingerprint density at radius 2 is 1.60 bits per heavy atom. The summed E-state index contributed by atoms with van der Waals surface area (Å²) >= 11 is 0. The lowest BCUT2D eigenvalue weighted by Gasteiger charge is -2.16. The molecule has 0 saturated carbocycles. The summed E-state index contributed by atoms with van der Waals surface area (Å²) in [6, 6.07) is 0. The molecular formula is C14H23NO5. The zero-order valence-electron chi connectivity index (χ0n) is 12.1. The zero-order valence-corrected chi connectivity index (χ0v) is 12.1. The summed E-state index contributed by atoms with van der Waals surface area (Å²) < 4.78 is 5.19. The summed E-state index contributed by atoms with van der Waals surface area (Å²) in [5.41, 5.74) is 4.96. The van der Waals surface area contributed by atoms with Crippen molar-refractivity contribution in [1.82, 2.24) is 0 Å². The smallest absolute Gasteiger partial charge is 0.305 e. The molecule has 0 aromatic rings. The van der Waals surface area contributed by atoms with Gasteiger partial charge in [0.15, 0.2) is 0 Å². The normalized spacial score (nSPS) is 11.7. The van der Waals surface area contributed by atoms with E-state index in [4.69, 9.17) is 10.5 Å². The molecule has 6 heteroatoms. The van der Waals surface area contributed by atoms with Gasteiger partial charge in [0.25, 0.3) is 0 Å². The molecular weight excluding hydrogens is 262 g/mol. The summed E-state index contributed by atoms with van der Waals surface area (Å²) in [5, 5.41) is 0. The number of ether oxygens (including phenoxy) is 1. The Bertz CT molecular complexity index is 365. The molecule has 114 valence electrons. The first kappa shape index (κ1) is 18.3. The lowest BCUT2D eigenvalue weighted by molar-refractivity contribution is -0.150. The average molecular weight is 285 g/mol. The number of ketones is 2. The standard InChI is InChI=1S/C14H23NO5/c1-3-14(19)20-12(7-4-10(2)16)8-5-11(17)6-9-13(15)18/h12H,3-9H2,1-2H3,(H2,15,18). The number of carbonyl (C=O) groups excluding carboxylic acids is 4. The maximum Gasteiger partial charge on any atom is 0.305 e. The van der Waals surface area contributed by atoms with Gasteiger partial charge in [0.1, 0.15) is 17.7 Å². The largest absolute Gasteiger partial charge is 0.462 e. The van der Waals surface area contributed by atoms with Gasteiger partial charge in [-0.3, -0.25) is 14.4 Å². The molecule has 1 unspecified atom stereocenters. The van der Waals surface area contributed by atoms with E-state index in [2.05, 4.69) is 0 Å². The summed E-state index contributed by atoms with van der Waals surface area (Å²) in [7, 11) is 0. The number of amides is 1. The molecule has 2 N–H and O–H groups in total. The third kappa shape index (κ3) is 10.2. The SMILES string of the molecule is CCC(=O)OC(CCC(C)=O)CCC(=O)CCC(N)=O. The fourth-order valence-corrected chi connectivity index (χ4v) is 1.61. The molecule has 0 heterocycles. The lowest BCUT2D eigenvalue weighted by atomic mass is 10.0. The van der Waals surface area contributed by atoms with Crippen LogP contribution in [0, 0.1) is 0 Å². The van der Waals surface area contributed by atoms with Gasteiger partial charge in [0.2, 0.25) is 5.91 Å². The van der Waals surface area contributed by atoms with Gasteiger partial charge < -0.3 is 15.3 Å². The first-order valence-electron chi connectivity index (χ1n) is 6.84. The topological polar surface area (TPSA) is 104 Å². The van der Waals surface area contributed by atoms with Gasteiger partial charge in [-0.25, -0.2) is 0 Å². The number of Topliss-reactive ketones (excluding diaryl/α,β-unsaturated/α-hetero) is 2. The second-order valence-electron chi connectivity index (χ2n) is 4.75. The van der Waals surface area contributed by atoms with Gasteiger partial charge in [-0.1, -0.05) is 6.92 Å². The molecule has 1 amide bonds. The van der Waals surface area contributed by atoms with Crippen molar-refractivity contribution in [1.29, 1.82) is 0 Å². The van der Waals surface area contributed by atoms with Crippen molar-refractivity contribution in [2.45, 2.75) is 64.9 Å². The molecule has 0 radical (unpaired) electrons. The molecule has 0 aliphatic rings. The highest BCUT2D eigenvalue weighted by Gasteiger charge is 2.16. The molecule has 1 atom stereocenters. The van der Waals surface area contributed by atoms with Crippen LogP contribution in [-0.2, 0) is 23.9 Å². The van der Waals surface area contributed by atoms with Crippen LogP contribution in [0.15, 0.2) is 0 Å². The first-order valence-corrected chi connectivity index (χ1v) is 6.84. The van der Waals surface area contributed by atoms with Crippen molar-refractivity contribution < 1.29 is 23.9 Å². The predicted molar refractivity (Wildman–Crippen MR) is 72.8 cm³/mol. The Morgan fingerprint density at radius 1 is 1.00 bits per heavy atom. The number of nitrogens with two attached hydrogens (primary N) is 1. The highest BCUT2D eigenvalue weighted by molar-refractivity contribution is 5.84. The average Bonchev–Trinajstić information content (AvgIpc) is 2.38. The fourth-order valence-electron chi connectivity index (χ4n) is 1.61. The van der Waals surface area contributed by atoms with Gasteiger partial charge in [0.05, 0.1) is 0 Å². The number of primary amides is 1. The van der Waals surface area contributed by atoms with Crippen LogP contribution < -0.4 is 5.73 Å². The zero-order chi connectivity index (χ0) is 15.5. The second-order valence-corrected chi connectivity index (χ2v) is 4.75. The molecule has 20 heavy (non-hydrogen) atoms. The number of hydrogen-bond acceptors (Lipinski definition) is 5. The monoisotopic (exact) mass is 285 g/mol. The predicted octanol–water partition coefficient (Wildman–Crippen LogP) is 1.29. The van der Waals surface area contributed by atoms with Crippen molar-refractivity contribution in [3.8, 4) is 0 Å². The molecule has 0 aromatic carbocycles. The molecule has 0 aromatic heterocycles. The second kappa shape index (κ2) is 10.1. The van der Waals surface area contributed by atoms with Gasteiger partial charge >= 0.3 is 5.97 Å². The quantitative estimate of drug-likeness (QED) is 0.576. The van der Waals surface area contributed by atoms with Gasteiger partial charge in [-0.05, 0) is 19.8 Å². The van der Waals surface area contributed by atoms with E-state index in [-0.39, 0.29) is 43.2 Å². The van der Waals surface area contributed by atoms with E-state index < -0.39 is 12.0 Å². The Labute approximate surface area is 119 Å². The van der Waals surface area contributed by atoms with E-state index in [0.717, 1.165) is 0 Å². The molecule has 0 bridgehead atoms. The molecule has 0 aliphatic heterocycles. The van der Waals surface area contributed by atoms with E-state index in [1.807, 2.05) is 0 Å². The third-order valence-corrected chi connectivity index (χ3v) is 2.80. The van der Waals surface area contributed by atoms with Gasteiger partial charge in [0, 0.05) is 32.1 Å². The van der Waals surface area contributed by atoms with E-state index in [0.29, 0.717) is 19.3 Å².